The van der Waals surface area contributed by atoms with Crippen molar-refractivity contribution in [2.45, 2.75) is 19.7 Å². The van der Waals surface area contributed by atoms with E-state index in [1.165, 1.54) is 12.5 Å². The van der Waals surface area contributed by atoms with E-state index >= 15 is 0 Å². The monoisotopic (exact) mass is 416 g/mol. The van der Waals surface area contributed by atoms with Gasteiger partial charge in [-0.25, -0.2) is 0 Å². The van der Waals surface area contributed by atoms with Gasteiger partial charge in [-0.1, -0.05) is 0 Å². The third-order valence-electron chi connectivity index (χ3n) is 2.74. The van der Waals surface area contributed by atoms with Gasteiger partial charge >= 0.3 is 88.1 Å². The zero-order valence-electron chi connectivity index (χ0n) is 13.1. The second kappa shape index (κ2) is 8.89. The van der Waals surface area contributed by atoms with Gasteiger partial charge in [-0.2, -0.15) is 0 Å². The van der Waals surface area contributed by atoms with Crippen LogP contribution in [-0.4, -0.2) is 38.4 Å². The van der Waals surface area contributed by atoms with Gasteiger partial charge < -0.3 is 0 Å². The maximum absolute atomic E-state index is 10.9. The van der Waals surface area contributed by atoms with E-state index in [0.29, 0.717) is 5.88 Å². The number of halogens is 1. The number of phenols is 1. The van der Waals surface area contributed by atoms with Gasteiger partial charge in [0.15, 0.2) is 0 Å². The number of carbonyl (C=O) groups excluding carboxylic acids is 1. The van der Waals surface area contributed by atoms with Crippen LogP contribution in [0, 0.1) is 6.92 Å². The predicted molar refractivity (Wildman–Crippen MR) is 91.5 cm³/mol. The number of aromatic nitrogens is 1. The van der Waals surface area contributed by atoms with Crippen LogP contribution in [0.15, 0.2) is 36.5 Å². The third kappa shape index (κ3) is 6.76. The van der Waals surface area contributed by atoms with E-state index < -0.39 is 20.1 Å². The molecule has 1 aromatic heterocycles. The molecule has 1 heterocycles. The number of phenolic OH excluding ortho intramolecular Hbond substituents is 1. The van der Waals surface area contributed by atoms with Crippen molar-refractivity contribution >= 4 is 41.7 Å². The Balaban J connectivity index is 0.000000272. The summed E-state index contributed by atoms with van der Waals surface area (Å²) in [4.78, 5) is 14.7. The van der Waals surface area contributed by atoms with Gasteiger partial charge in [0.2, 0.25) is 0 Å². The van der Waals surface area contributed by atoms with Crippen molar-refractivity contribution in [2.75, 3.05) is 5.32 Å². The molecule has 0 unspecified atom stereocenters. The summed E-state index contributed by atoms with van der Waals surface area (Å²) in [6, 6.07) is 7.25. The molecule has 130 valence electrons. The number of pyridine rings is 1. The Bertz CT molecular complexity index is 763. The normalized spacial score (nSPS) is 10.5. The number of hydrogen-bond donors (Lipinski definition) is 4. The molecule has 0 saturated carbocycles. The van der Waals surface area contributed by atoms with E-state index in [4.69, 9.17) is 19.8 Å². The molecule has 2 aromatic rings. The summed E-state index contributed by atoms with van der Waals surface area (Å²) in [5.74, 6) is -0.167. The number of amides is 1. The maximum atomic E-state index is 10.9. The summed E-state index contributed by atoms with van der Waals surface area (Å²) in [5, 5.41) is 11.6. The zero-order chi connectivity index (χ0) is 18.3. The zero-order valence-corrected chi connectivity index (χ0v) is 15.7. The molecule has 2 rings (SSSR count). The fraction of sp³-hybridized carbons (Fsp3) is 0.200. The van der Waals surface area contributed by atoms with E-state index in [-0.39, 0.29) is 15.8 Å². The Morgan fingerprint density at radius 2 is 1.96 bits per heavy atom. The van der Waals surface area contributed by atoms with E-state index in [0.717, 1.165) is 23.9 Å². The Morgan fingerprint density at radius 3 is 2.42 bits per heavy atom. The van der Waals surface area contributed by atoms with Crippen molar-refractivity contribution in [2.24, 2.45) is 0 Å². The van der Waals surface area contributed by atoms with Crippen molar-refractivity contribution in [3.05, 3.63) is 47.8 Å². The number of anilines is 1. The van der Waals surface area contributed by atoms with Crippen LogP contribution in [0.4, 0.5) is 5.69 Å². The minimum absolute atomic E-state index is 0.00951. The van der Waals surface area contributed by atoms with Crippen LogP contribution in [0.1, 0.15) is 18.2 Å². The molecular weight excluding hydrogens is 399 g/mol. The minimum Gasteiger partial charge on any atom is -0.260 e. The third-order valence-corrected chi connectivity index (χ3v) is 5.00. The molecule has 0 atom stereocenters. The molecule has 0 radical (unpaired) electrons. The van der Waals surface area contributed by atoms with Gasteiger partial charge in [-0.3, -0.25) is 4.98 Å². The van der Waals surface area contributed by atoms with Crippen molar-refractivity contribution in [1.82, 2.24) is 4.98 Å². The molecule has 0 saturated heterocycles. The van der Waals surface area contributed by atoms with Crippen LogP contribution in [0.5, 0.6) is 5.75 Å². The van der Waals surface area contributed by atoms with E-state index in [1.54, 1.807) is 6.20 Å². The second-order valence-electron chi connectivity index (χ2n) is 4.88. The number of aromatic hydroxyl groups is 1. The van der Waals surface area contributed by atoms with Crippen LogP contribution in [0.3, 0.4) is 0 Å². The number of hydrogen-bond acceptors (Lipinski definition) is 4. The Kier molecular flexibility index (Phi) is 7.50. The number of alkyl halides is 1. The van der Waals surface area contributed by atoms with Gasteiger partial charge in [-0.15, -0.1) is 11.6 Å². The molecule has 0 bridgehead atoms. The average Bonchev–Trinajstić information content (AvgIpc) is 2.48. The fourth-order valence-electron chi connectivity index (χ4n) is 1.67. The summed E-state index contributed by atoms with van der Waals surface area (Å²) < 4.78 is 28.6. The number of nitrogens with zero attached hydrogens (tertiary/aromatic N) is 1. The Morgan fingerprint density at radius 1 is 1.29 bits per heavy atom. The van der Waals surface area contributed by atoms with Crippen LogP contribution >= 0.6 is 11.6 Å². The molecule has 1 aromatic carbocycles. The Labute approximate surface area is 147 Å². The molecule has 0 aliphatic carbocycles. The molecule has 0 spiro atoms. The molecule has 4 N–H and O–H groups in total. The van der Waals surface area contributed by atoms with Crippen molar-refractivity contribution < 1.29 is 21.8 Å². The number of rotatable bonds is 3. The van der Waals surface area contributed by atoms with Crippen LogP contribution in [0.25, 0.3) is 0 Å². The summed E-state index contributed by atoms with van der Waals surface area (Å²) in [7, 11) is 0. The molecule has 7 nitrogen and oxygen atoms in total. The van der Waals surface area contributed by atoms with Gasteiger partial charge in [0, 0.05) is 6.20 Å². The first-order chi connectivity index (χ1) is 11.1. The SMILES string of the molecule is CC(=O)Nc1cc([As](=O)(O)O)ccc1O.Cc1ccnc(CCl)c1. The molecule has 9 heteroatoms. The quantitative estimate of drug-likeness (QED) is 0.337. The largest absolute Gasteiger partial charge is 0.260 e. The molecule has 1 amide bonds. The summed E-state index contributed by atoms with van der Waals surface area (Å²) in [6.07, 6.45) is 1.77. The molecule has 0 aliphatic rings. The van der Waals surface area contributed by atoms with E-state index in [1.807, 2.05) is 19.1 Å². The maximum Gasteiger partial charge on any atom is 0.0647 e. The first-order valence-electron chi connectivity index (χ1n) is 6.77. The predicted octanol–water partition coefficient (Wildman–Crippen LogP) is 1.04. The van der Waals surface area contributed by atoms with Crippen molar-refractivity contribution in [3.63, 3.8) is 0 Å². The summed E-state index contributed by atoms with van der Waals surface area (Å²) in [5.41, 5.74) is 2.14. The van der Waals surface area contributed by atoms with Crippen LogP contribution in [-0.2, 0) is 14.4 Å². The number of carbonyl (C=O) groups is 1. The smallest absolute Gasteiger partial charge is 0.0647 e. The Hall–Kier alpha value is -1.79. The van der Waals surface area contributed by atoms with E-state index in [9.17, 15) is 13.6 Å². The van der Waals surface area contributed by atoms with E-state index in [2.05, 4.69) is 10.3 Å². The first-order valence-corrected chi connectivity index (χ1v) is 10.7. The number of nitrogens with one attached hydrogen (secondary N) is 1. The standard InChI is InChI=1S/C8H10AsNO5.C7H8ClN/c1-5(11)10-7-4-6(9(13,14)15)2-3-8(7)12;1-6-2-3-9-7(4-6)5-8/h2-4,12H,1H3,(H,10,11)(H2,13,14,15);2-4H,5H2,1H3. The number of benzene rings is 1. The first kappa shape index (κ1) is 20.3. The topological polar surface area (TPSA) is 120 Å². The summed E-state index contributed by atoms with van der Waals surface area (Å²) >= 11 is 0.552. The van der Waals surface area contributed by atoms with Crippen LogP contribution < -0.4 is 9.67 Å². The molecule has 24 heavy (non-hydrogen) atoms. The van der Waals surface area contributed by atoms with Gasteiger partial charge in [0.1, 0.15) is 0 Å². The molecule has 0 fully saturated rings. The van der Waals surface area contributed by atoms with Crippen molar-refractivity contribution in [3.8, 4) is 5.75 Å². The van der Waals surface area contributed by atoms with Crippen LogP contribution in [0.2, 0.25) is 0 Å². The molecular formula is C15H18AsClN2O5. The van der Waals surface area contributed by atoms with Gasteiger partial charge in [-0.05, 0) is 24.6 Å². The fourth-order valence-corrected chi connectivity index (χ4v) is 3.00. The summed E-state index contributed by atoms with van der Waals surface area (Å²) in [6.45, 7) is 3.26. The van der Waals surface area contributed by atoms with Crippen molar-refractivity contribution in [1.29, 1.82) is 0 Å². The second-order valence-corrected chi connectivity index (χ2v) is 8.52. The van der Waals surface area contributed by atoms with Gasteiger partial charge in [0.05, 0.1) is 11.6 Å². The van der Waals surface area contributed by atoms with Gasteiger partial charge in [0.25, 0.3) is 0 Å². The number of aryl methyl sites for hydroxylation is 1. The average molecular weight is 417 g/mol. The molecule has 0 aliphatic heterocycles. The minimum atomic E-state index is -4.98.